The van der Waals surface area contributed by atoms with E-state index < -0.39 is 76.6 Å². The van der Waals surface area contributed by atoms with Crippen LogP contribution in [0.4, 0.5) is 0 Å². The smallest absolute Gasteiger partial charge is 0.357 e. The van der Waals surface area contributed by atoms with E-state index in [1.54, 1.807) is 35.4 Å². The fourth-order valence-corrected chi connectivity index (χ4v) is 7.17. The van der Waals surface area contributed by atoms with Gasteiger partial charge in [-0.3, -0.25) is 19.2 Å². The molecule has 0 aliphatic heterocycles. The number of rotatable bonds is 20. The zero-order chi connectivity index (χ0) is 47.9. The van der Waals surface area contributed by atoms with Crippen LogP contribution in [-0.4, -0.2) is 142 Å². The lowest BCUT2D eigenvalue weighted by Gasteiger charge is -2.30. The maximum atomic E-state index is 12.6. The lowest BCUT2D eigenvalue weighted by Crippen LogP contribution is -2.51. The summed E-state index contributed by atoms with van der Waals surface area (Å²) in [6.45, 7) is 14.6. The van der Waals surface area contributed by atoms with E-state index in [1.807, 2.05) is 13.1 Å². The van der Waals surface area contributed by atoms with E-state index in [0.717, 1.165) is 32.6 Å². The highest BCUT2D eigenvalue weighted by Crippen LogP contribution is 2.32. The summed E-state index contributed by atoms with van der Waals surface area (Å²) in [5.74, 6) is -6.05. The third-order valence-electron chi connectivity index (χ3n) is 9.48. The predicted molar refractivity (Wildman–Crippen MR) is 224 cm³/mol. The van der Waals surface area contributed by atoms with Gasteiger partial charge in [-0.25, -0.2) is 24.2 Å². The lowest BCUT2D eigenvalue weighted by atomic mass is 9.78. The number of nitrogens with one attached hydrogen (secondary N) is 1. The second-order valence-corrected chi connectivity index (χ2v) is 21.1. The van der Waals surface area contributed by atoms with Gasteiger partial charge in [0.2, 0.25) is 12.0 Å². The molecule has 1 amide bonds. The first-order valence-corrected chi connectivity index (χ1v) is 24.7. The Morgan fingerprint density at radius 1 is 0.645 bits per heavy atom. The van der Waals surface area contributed by atoms with Gasteiger partial charge in [-0.2, -0.15) is 5.26 Å². The minimum Gasteiger partial charge on any atom is -0.481 e. The minimum atomic E-state index is -2.42. The number of ether oxygens (including phenoxy) is 4. The number of aliphatic carboxylic acids is 1. The van der Waals surface area contributed by atoms with Crippen LogP contribution in [0.2, 0.25) is 13.1 Å². The SMILES string of the molecule is C=C(C)C(=O)OCCOC(=O)C1CCCCC1C(=O)NC[Si](C)(OC)OC.C=C(C)C(=O)OCCOC(=O)C1CCCCC1C(=O)O.CC(=O)OO.CO[Si](C)(CN=C=O)OC. The van der Waals surface area contributed by atoms with E-state index in [1.165, 1.54) is 13.0 Å². The van der Waals surface area contributed by atoms with Gasteiger partial charge in [0.25, 0.3) is 0 Å². The Bertz CT molecular complexity index is 1510. The molecule has 0 bridgehead atoms. The zero-order valence-electron chi connectivity index (χ0n) is 37.4. The van der Waals surface area contributed by atoms with Crippen LogP contribution in [-0.2, 0) is 79.9 Å². The Morgan fingerprint density at radius 2 is 1.00 bits per heavy atom. The van der Waals surface area contributed by atoms with Crippen molar-refractivity contribution < 1.29 is 90.3 Å². The second kappa shape index (κ2) is 33.0. The van der Waals surface area contributed by atoms with E-state index in [2.05, 4.69) is 28.4 Å². The Kier molecular flexibility index (Phi) is 31.7. The maximum Gasteiger partial charge on any atom is 0.357 e. The van der Waals surface area contributed by atoms with Crippen molar-refractivity contribution in [3.05, 3.63) is 24.3 Å². The molecule has 0 saturated heterocycles. The maximum absolute atomic E-state index is 12.6. The Labute approximate surface area is 365 Å². The van der Waals surface area contributed by atoms with Crippen LogP contribution in [0.1, 0.15) is 72.1 Å². The van der Waals surface area contributed by atoms with Gasteiger partial charge in [-0.1, -0.05) is 38.8 Å². The highest BCUT2D eigenvalue weighted by Gasteiger charge is 2.39. The molecular weight excluding hydrogens is 857 g/mol. The fourth-order valence-electron chi connectivity index (χ4n) is 5.44. The monoisotopic (exact) mass is 922 g/mol. The number of amides is 1. The summed E-state index contributed by atoms with van der Waals surface area (Å²) in [5.41, 5.74) is 0.558. The van der Waals surface area contributed by atoms with Gasteiger partial charge in [-0.05, 0) is 52.6 Å². The lowest BCUT2D eigenvalue weighted by molar-refractivity contribution is -0.231. The number of carboxylic acid groups (broad SMARTS) is 1. The van der Waals surface area contributed by atoms with Gasteiger partial charge in [-0.15, -0.1) is 0 Å². The molecule has 0 radical (unpaired) electrons. The summed E-state index contributed by atoms with van der Waals surface area (Å²) in [7, 11) is 1.65. The summed E-state index contributed by atoms with van der Waals surface area (Å²) < 4.78 is 40.7. The molecule has 0 spiro atoms. The van der Waals surface area contributed by atoms with Crippen molar-refractivity contribution in [2.45, 2.75) is 85.2 Å². The van der Waals surface area contributed by atoms with Crippen molar-refractivity contribution in [2.75, 3.05) is 67.2 Å². The van der Waals surface area contributed by atoms with Crippen molar-refractivity contribution in [3.8, 4) is 0 Å². The molecule has 2 aliphatic carbocycles. The highest BCUT2D eigenvalue weighted by molar-refractivity contribution is 6.66. The van der Waals surface area contributed by atoms with Crippen LogP contribution >= 0.6 is 0 Å². The fraction of sp³-hybridized carbons (Fsp3) is 0.692. The van der Waals surface area contributed by atoms with Gasteiger partial charge in [0.15, 0.2) is 0 Å². The van der Waals surface area contributed by atoms with Crippen molar-refractivity contribution >= 4 is 64.9 Å². The second-order valence-electron chi connectivity index (χ2n) is 14.3. The van der Waals surface area contributed by atoms with Crippen LogP contribution in [0.5, 0.6) is 0 Å². The molecule has 2 rings (SSSR count). The summed E-state index contributed by atoms with van der Waals surface area (Å²) in [6.07, 6.45) is 7.74. The van der Waals surface area contributed by atoms with Gasteiger partial charge in [0.1, 0.15) is 26.4 Å². The minimum absolute atomic E-state index is 0.0351. The van der Waals surface area contributed by atoms with Crippen LogP contribution < -0.4 is 5.32 Å². The van der Waals surface area contributed by atoms with Crippen molar-refractivity contribution in [2.24, 2.45) is 28.7 Å². The topological polar surface area (TPSA) is 284 Å². The number of isocyanates is 1. The standard InChI is InChI=1S/C18H31NO7Si.C14H20O6.C5H11NO3Si.C2H4O3/c1-13(2)17(21)25-10-11-26-18(22)15-9-7-6-8-14(15)16(20)19-12-27(5,23-3)24-4;1-9(2)13(17)19-7-8-20-14(18)11-6-4-3-5-10(11)12(15)16;1-8-10(3,9-2)5-6-4-7;1-2(3)5-4/h14-15H,1,6-12H2,2-5H3,(H,19,20);10-11H,1,3-8H2,2H3,(H,15,16);5H2,1-3H3;4H,1H3. The molecule has 2 saturated carbocycles. The molecule has 2 aliphatic rings. The number of hydrogen-bond donors (Lipinski definition) is 3. The summed E-state index contributed by atoms with van der Waals surface area (Å²) in [4.78, 5) is 95.9. The van der Waals surface area contributed by atoms with Gasteiger partial charge >= 0.3 is 52.9 Å². The molecule has 62 heavy (non-hydrogen) atoms. The first-order valence-electron chi connectivity index (χ1n) is 19.7. The quantitative estimate of drug-likeness (QED) is 0.0182. The average molecular weight is 923 g/mol. The van der Waals surface area contributed by atoms with E-state index in [4.69, 9.17) is 47.0 Å². The van der Waals surface area contributed by atoms with E-state index in [-0.39, 0.29) is 43.5 Å². The predicted octanol–water partition coefficient (Wildman–Crippen LogP) is 3.26. The molecular formula is C39H66N2O19Si2. The highest BCUT2D eigenvalue weighted by atomic mass is 28.4. The Morgan fingerprint density at radius 3 is 1.34 bits per heavy atom. The molecule has 354 valence electrons. The van der Waals surface area contributed by atoms with Crippen LogP contribution in [0.25, 0.3) is 0 Å². The first kappa shape index (κ1) is 59.5. The summed E-state index contributed by atoms with van der Waals surface area (Å²) >= 11 is 0. The number of aliphatic imine (C=N–C) groups is 1. The van der Waals surface area contributed by atoms with Gasteiger partial charge in [0.05, 0.1) is 36.0 Å². The van der Waals surface area contributed by atoms with E-state index in [0.29, 0.717) is 38.0 Å². The zero-order valence-corrected chi connectivity index (χ0v) is 39.4. The number of nitrogens with zero attached hydrogens (tertiary/aromatic N) is 1. The van der Waals surface area contributed by atoms with Crippen LogP contribution in [0, 0.1) is 23.7 Å². The number of carbonyl (C=O) groups excluding carboxylic acids is 7. The molecule has 0 aromatic rings. The van der Waals surface area contributed by atoms with Gasteiger partial charge in [0, 0.05) is 46.5 Å². The third-order valence-corrected chi connectivity index (χ3v) is 14.5. The van der Waals surface area contributed by atoms with E-state index >= 15 is 0 Å². The molecule has 0 aromatic carbocycles. The van der Waals surface area contributed by atoms with Crippen molar-refractivity contribution in [1.29, 1.82) is 0 Å². The van der Waals surface area contributed by atoms with Crippen molar-refractivity contribution in [1.82, 2.24) is 5.32 Å². The van der Waals surface area contributed by atoms with Crippen LogP contribution in [0.3, 0.4) is 0 Å². The summed E-state index contributed by atoms with van der Waals surface area (Å²) in [6, 6.07) is 0. The molecule has 2 fully saturated rings. The summed E-state index contributed by atoms with van der Waals surface area (Å²) in [5, 5.41) is 19.2. The normalized spacial score (nSPS) is 18.0. The number of carbonyl (C=O) groups is 7. The molecule has 4 atom stereocenters. The Hall–Kier alpha value is -4.62. The molecule has 21 nitrogen and oxygen atoms in total. The molecule has 0 heterocycles. The number of hydrogen-bond acceptors (Lipinski definition) is 19. The third kappa shape index (κ3) is 25.4. The molecule has 23 heteroatoms. The van der Waals surface area contributed by atoms with Crippen LogP contribution in [0.15, 0.2) is 29.3 Å². The Balaban J connectivity index is 0. The van der Waals surface area contributed by atoms with Crippen molar-refractivity contribution in [3.63, 3.8) is 0 Å². The number of esters is 4. The van der Waals surface area contributed by atoms with Gasteiger partial charge < -0.3 is 52.0 Å². The first-order chi connectivity index (χ1) is 29.1. The largest absolute Gasteiger partial charge is 0.481 e. The molecule has 4 unspecified atom stereocenters. The molecule has 3 N–H and O–H groups in total. The average Bonchev–Trinajstić information content (AvgIpc) is 3.27. The van der Waals surface area contributed by atoms with E-state index in [9.17, 15) is 38.4 Å². The number of carboxylic acids is 1. The molecule has 0 aromatic heterocycles.